The van der Waals surface area contributed by atoms with Crippen molar-refractivity contribution in [2.75, 3.05) is 6.54 Å². The molecule has 0 aliphatic rings. The van der Waals surface area contributed by atoms with Gasteiger partial charge in [0.15, 0.2) is 0 Å². The van der Waals surface area contributed by atoms with Gasteiger partial charge < -0.3 is 9.88 Å². The van der Waals surface area contributed by atoms with Crippen LogP contribution in [0, 0.1) is 13.8 Å². The number of aryl methyl sites for hydroxylation is 4. The van der Waals surface area contributed by atoms with Crippen LogP contribution in [0.25, 0.3) is 0 Å². The van der Waals surface area contributed by atoms with Crippen LogP contribution in [-0.4, -0.2) is 26.8 Å². The third kappa shape index (κ3) is 3.50. The van der Waals surface area contributed by atoms with E-state index in [4.69, 9.17) is 0 Å². The van der Waals surface area contributed by atoms with Crippen LogP contribution < -0.4 is 5.32 Å². The van der Waals surface area contributed by atoms with Gasteiger partial charge in [0.05, 0.1) is 5.69 Å². The van der Waals surface area contributed by atoms with Crippen LogP contribution in [0.2, 0.25) is 0 Å². The first kappa shape index (κ1) is 14.8. The zero-order chi connectivity index (χ0) is 14.7. The lowest BCUT2D eigenvalue weighted by Crippen LogP contribution is -2.27. The van der Waals surface area contributed by atoms with Gasteiger partial charge in [0.25, 0.3) is 5.91 Å². The minimum absolute atomic E-state index is 0.0495. The molecule has 0 unspecified atom stereocenters. The molecule has 0 atom stereocenters. The molecule has 0 radical (unpaired) electrons. The van der Waals surface area contributed by atoms with Gasteiger partial charge in [0.2, 0.25) is 0 Å². The highest BCUT2D eigenvalue weighted by molar-refractivity contribution is 9.10. The van der Waals surface area contributed by atoms with E-state index >= 15 is 0 Å². The van der Waals surface area contributed by atoms with Crippen molar-refractivity contribution >= 4 is 21.8 Å². The summed E-state index contributed by atoms with van der Waals surface area (Å²) in [6.07, 6.45) is 2.73. The number of aromatic nitrogens is 3. The Morgan fingerprint density at radius 1 is 1.40 bits per heavy atom. The third-order valence-electron chi connectivity index (χ3n) is 3.14. The maximum Gasteiger partial charge on any atom is 0.267 e. The second-order valence-corrected chi connectivity index (χ2v) is 5.83. The van der Waals surface area contributed by atoms with Gasteiger partial charge in [-0.05, 0) is 48.3 Å². The quantitative estimate of drug-likeness (QED) is 0.851. The molecule has 0 aromatic carbocycles. The van der Waals surface area contributed by atoms with E-state index in [1.54, 1.807) is 4.57 Å². The Kier molecular flexibility index (Phi) is 4.65. The van der Waals surface area contributed by atoms with Crippen LogP contribution in [0.15, 0.2) is 22.8 Å². The Balaban J connectivity index is 1.80. The minimum atomic E-state index is -0.0495. The highest BCUT2D eigenvalue weighted by atomic mass is 79.9. The SMILES string of the molecule is Cc1cc(C)n(CCCNC(=O)c2cc(Br)cn2C)n1. The van der Waals surface area contributed by atoms with Gasteiger partial charge in [-0.3, -0.25) is 9.48 Å². The number of nitrogens with zero attached hydrogens (tertiary/aromatic N) is 3. The number of carbonyl (C=O) groups is 1. The van der Waals surface area contributed by atoms with Crippen molar-refractivity contribution in [3.63, 3.8) is 0 Å². The molecule has 5 nitrogen and oxygen atoms in total. The fraction of sp³-hybridized carbons (Fsp3) is 0.429. The van der Waals surface area contributed by atoms with E-state index in [2.05, 4.69) is 32.4 Å². The van der Waals surface area contributed by atoms with Gasteiger partial charge in [-0.25, -0.2) is 0 Å². The van der Waals surface area contributed by atoms with Gasteiger partial charge >= 0.3 is 0 Å². The third-order valence-corrected chi connectivity index (χ3v) is 3.57. The average Bonchev–Trinajstić information content (AvgIpc) is 2.87. The molecule has 20 heavy (non-hydrogen) atoms. The highest BCUT2D eigenvalue weighted by Crippen LogP contribution is 2.13. The first-order valence-electron chi connectivity index (χ1n) is 6.58. The molecule has 0 bridgehead atoms. The monoisotopic (exact) mass is 338 g/mol. The van der Waals surface area contributed by atoms with Crippen molar-refractivity contribution in [3.05, 3.63) is 39.9 Å². The molecule has 0 aliphatic carbocycles. The van der Waals surface area contributed by atoms with Crippen molar-refractivity contribution in [2.24, 2.45) is 7.05 Å². The van der Waals surface area contributed by atoms with Gasteiger partial charge in [-0.15, -0.1) is 0 Å². The van der Waals surface area contributed by atoms with E-state index in [1.165, 1.54) is 0 Å². The molecule has 0 spiro atoms. The van der Waals surface area contributed by atoms with Crippen LogP contribution in [0.4, 0.5) is 0 Å². The molecule has 2 heterocycles. The number of amides is 1. The van der Waals surface area contributed by atoms with Crippen molar-refractivity contribution in [1.29, 1.82) is 0 Å². The summed E-state index contributed by atoms with van der Waals surface area (Å²) in [5, 5.41) is 7.32. The largest absolute Gasteiger partial charge is 0.351 e. The summed E-state index contributed by atoms with van der Waals surface area (Å²) >= 11 is 3.36. The van der Waals surface area contributed by atoms with Crippen LogP contribution in [-0.2, 0) is 13.6 Å². The number of hydrogen-bond donors (Lipinski definition) is 1. The first-order valence-corrected chi connectivity index (χ1v) is 7.38. The molecule has 108 valence electrons. The Bertz CT molecular complexity index is 615. The molecule has 2 aromatic rings. The summed E-state index contributed by atoms with van der Waals surface area (Å²) in [6, 6.07) is 3.87. The number of hydrogen-bond acceptors (Lipinski definition) is 2. The maximum absolute atomic E-state index is 12.0. The molecular weight excluding hydrogens is 320 g/mol. The number of nitrogens with one attached hydrogen (secondary N) is 1. The fourth-order valence-corrected chi connectivity index (χ4v) is 2.70. The number of rotatable bonds is 5. The van der Waals surface area contributed by atoms with Crippen LogP contribution in [0.5, 0.6) is 0 Å². The molecule has 2 aromatic heterocycles. The van der Waals surface area contributed by atoms with Gasteiger partial charge in [-0.2, -0.15) is 5.10 Å². The average molecular weight is 339 g/mol. The predicted octanol–water partition coefficient (Wildman–Crippen LogP) is 2.42. The van der Waals surface area contributed by atoms with Gasteiger partial charge in [-0.1, -0.05) is 0 Å². The van der Waals surface area contributed by atoms with Crippen LogP contribution in [0.1, 0.15) is 28.3 Å². The number of halogens is 1. The lowest BCUT2D eigenvalue weighted by atomic mass is 10.3. The Labute approximate surface area is 127 Å². The standard InChI is InChI=1S/C14H19BrN4O/c1-10-7-11(2)19(17-10)6-4-5-16-14(20)13-8-12(15)9-18(13)3/h7-9H,4-6H2,1-3H3,(H,16,20). The first-order chi connectivity index (χ1) is 9.47. The van der Waals surface area contributed by atoms with Crippen LogP contribution >= 0.6 is 15.9 Å². The van der Waals surface area contributed by atoms with E-state index in [0.29, 0.717) is 12.2 Å². The normalized spacial score (nSPS) is 10.8. The molecular formula is C14H19BrN4O. The van der Waals surface area contributed by atoms with Crippen molar-refractivity contribution < 1.29 is 4.79 Å². The Morgan fingerprint density at radius 3 is 2.70 bits per heavy atom. The molecule has 6 heteroatoms. The fourth-order valence-electron chi connectivity index (χ4n) is 2.17. The Morgan fingerprint density at radius 2 is 2.15 bits per heavy atom. The molecule has 0 aliphatic heterocycles. The smallest absolute Gasteiger partial charge is 0.267 e. The van der Waals surface area contributed by atoms with Crippen molar-refractivity contribution in [3.8, 4) is 0 Å². The minimum Gasteiger partial charge on any atom is -0.351 e. The molecule has 1 N–H and O–H groups in total. The second kappa shape index (κ2) is 6.26. The predicted molar refractivity (Wildman–Crippen MR) is 81.8 cm³/mol. The lowest BCUT2D eigenvalue weighted by Gasteiger charge is -2.07. The number of carbonyl (C=O) groups excluding carboxylic acids is 1. The van der Waals surface area contributed by atoms with E-state index in [-0.39, 0.29) is 5.91 Å². The highest BCUT2D eigenvalue weighted by Gasteiger charge is 2.10. The molecule has 0 saturated carbocycles. The molecule has 0 fully saturated rings. The zero-order valence-electron chi connectivity index (χ0n) is 12.0. The summed E-state index contributed by atoms with van der Waals surface area (Å²) in [5.41, 5.74) is 2.84. The van der Waals surface area contributed by atoms with E-state index in [0.717, 1.165) is 28.8 Å². The van der Waals surface area contributed by atoms with E-state index in [9.17, 15) is 4.79 Å². The molecule has 1 amide bonds. The zero-order valence-corrected chi connectivity index (χ0v) is 13.6. The summed E-state index contributed by atoms with van der Waals surface area (Å²) in [4.78, 5) is 12.0. The topological polar surface area (TPSA) is 51.9 Å². The summed E-state index contributed by atoms with van der Waals surface area (Å²) in [6.45, 7) is 5.48. The maximum atomic E-state index is 12.0. The summed E-state index contributed by atoms with van der Waals surface area (Å²) < 4.78 is 4.69. The van der Waals surface area contributed by atoms with E-state index < -0.39 is 0 Å². The van der Waals surface area contributed by atoms with E-state index in [1.807, 2.05) is 37.8 Å². The van der Waals surface area contributed by atoms with Crippen LogP contribution in [0.3, 0.4) is 0 Å². The molecule has 0 saturated heterocycles. The van der Waals surface area contributed by atoms with Gasteiger partial charge in [0.1, 0.15) is 5.69 Å². The summed E-state index contributed by atoms with van der Waals surface area (Å²) in [5.74, 6) is -0.0495. The van der Waals surface area contributed by atoms with Crippen molar-refractivity contribution in [2.45, 2.75) is 26.8 Å². The summed E-state index contributed by atoms with van der Waals surface area (Å²) in [7, 11) is 1.86. The van der Waals surface area contributed by atoms with Gasteiger partial charge in [0, 0.05) is 36.5 Å². The molecule has 2 rings (SSSR count). The Hall–Kier alpha value is -1.56. The lowest BCUT2D eigenvalue weighted by molar-refractivity contribution is 0.0944. The second-order valence-electron chi connectivity index (χ2n) is 4.91. The van der Waals surface area contributed by atoms with Crippen molar-refractivity contribution in [1.82, 2.24) is 19.7 Å².